The quantitative estimate of drug-likeness (QED) is 0.730. The van der Waals surface area contributed by atoms with Crippen LogP contribution in [-0.4, -0.2) is 4.98 Å². The molecule has 1 aromatic heterocycles. The first-order chi connectivity index (χ1) is 6.81. The Labute approximate surface area is 80.6 Å². The van der Waals surface area contributed by atoms with Crippen LogP contribution in [-0.2, 0) is 0 Å². The van der Waals surface area contributed by atoms with Crippen LogP contribution in [0.1, 0.15) is 5.56 Å². The minimum Gasteiger partial charge on any atom is -0.360 e. The predicted octanol–water partition coefficient (Wildman–Crippen LogP) is 2.69. The first kappa shape index (κ1) is 8.52. The number of nitrogens with zero attached hydrogens (tertiary/aromatic N) is 1. The summed E-state index contributed by atoms with van der Waals surface area (Å²) in [5, 5.41) is 8.78. The molecule has 2 aromatic rings. The first-order valence-corrected chi connectivity index (χ1v) is 4.14. The molecule has 0 fully saturated rings. The average molecular weight is 186 g/mol. The Hall–Kier alpha value is -2.08. The Balaban J connectivity index is 2.50. The lowest BCUT2D eigenvalue weighted by Crippen LogP contribution is -1.81. The van der Waals surface area contributed by atoms with Crippen molar-refractivity contribution in [3.63, 3.8) is 0 Å². The molecule has 0 radical (unpaired) electrons. The zero-order valence-electron chi connectivity index (χ0n) is 7.29. The standard InChI is InChI=1S/C11H7FN2/c12-10-3-1-8(2-4-10)11-9(7-13)5-6-14-11/h1-6,14H. The third-order valence-electron chi connectivity index (χ3n) is 2.00. The number of benzene rings is 1. The molecule has 0 aliphatic heterocycles. The van der Waals surface area contributed by atoms with Crippen molar-refractivity contribution in [1.82, 2.24) is 4.98 Å². The molecular formula is C11H7FN2. The van der Waals surface area contributed by atoms with Crippen LogP contribution in [0.25, 0.3) is 11.3 Å². The van der Waals surface area contributed by atoms with Gasteiger partial charge in [-0.25, -0.2) is 4.39 Å². The zero-order chi connectivity index (χ0) is 9.97. The van der Waals surface area contributed by atoms with E-state index in [2.05, 4.69) is 11.1 Å². The summed E-state index contributed by atoms with van der Waals surface area (Å²) in [7, 11) is 0. The highest BCUT2D eigenvalue weighted by Crippen LogP contribution is 2.21. The SMILES string of the molecule is N#Cc1cc[nH]c1-c1ccc(F)cc1. The van der Waals surface area contributed by atoms with Gasteiger partial charge in [0.15, 0.2) is 0 Å². The highest BCUT2D eigenvalue weighted by molar-refractivity contribution is 5.66. The number of hydrogen-bond donors (Lipinski definition) is 1. The van der Waals surface area contributed by atoms with Crippen molar-refractivity contribution in [2.75, 3.05) is 0 Å². The van der Waals surface area contributed by atoms with Crippen molar-refractivity contribution < 1.29 is 4.39 Å². The van der Waals surface area contributed by atoms with Gasteiger partial charge in [-0.15, -0.1) is 0 Å². The van der Waals surface area contributed by atoms with Crippen molar-refractivity contribution >= 4 is 0 Å². The Bertz CT molecular complexity index is 477. The van der Waals surface area contributed by atoms with E-state index >= 15 is 0 Å². The van der Waals surface area contributed by atoms with Crippen LogP contribution >= 0.6 is 0 Å². The third kappa shape index (κ3) is 1.38. The number of nitriles is 1. The van der Waals surface area contributed by atoms with Crippen LogP contribution in [0.2, 0.25) is 0 Å². The molecule has 1 aromatic carbocycles. The van der Waals surface area contributed by atoms with Gasteiger partial charge in [-0.3, -0.25) is 0 Å². The smallest absolute Gasteiger partial charge is 0.123 e. The highest BCUT2D eigenvalue weighted by Gasteiger charge is 2.04. The molecule has 0 amide bonds. The normalized spacial score (nSPS) is 9.71. The summed E-state index contributed by atoms with van der Waals surface area (Å²) >= 11 is 0. The molecule has 0 saturated heterocycles. The molecule has 3 heteroatoms. The van der Waals surface area contributed by atoms with E-state index in [1.807, 2.05) is 0 Å². The van der Waals surface area contributed by atoms with Gasteiger partial charge in [0.1, 0.15) is 11.9 Å². The van der Waals surface area contributed by atoms with E-state index in [0.717, 1.165) is 11.3 Å². The Morgan fingerprint density at radius 3 is 2.50 bits per heavy atom. The highest BCUT2D eigenvalue weighted by atomic mass is 19.1. The van der Waals surface area contributed by atoms with E-state index in [1.54, 1.807) is 24.4 Å². The van der Waals surface area contributed by atoms with Crippen molar-refractivity contribution in [1.29, 1.82) is 5.26 Å². The lowest BCUT2D eigenvalue weighted by molar-refractivity contribution is 0.628. The summed E-state index contributed by atoms with van der Waals surface area (Å²) in [6, 6.07) is 9.78. The molecule has 1 N–H and O–H groups in total. The third-order valence-corrected chi connectivity index (χ3v) is 2.00. The number of aromatic amines is 1. The van der Waals surface area contributed by atoms with Crippen molar-refractivity contribution in [3.05, 3.63) is 47.9 Å². The van der Waals surface area contributed by atoms with Gasteiger partial charge in [-0.2, -0.15) is 5.26 Å². The minimum atomic E-state index is -0.279. The van der Waals surface area contributed by atoms with E-state index in [-0.39, 0.29) is 5.82 Å². The zero-order valence-corrected chi connectivity index (χ0v) is 7.29. The van der Waals surface area contributed by atoms with Crippen LogP contribution in [0, 0.1) is 17.1 Å². The minimum absolute atomic E-state index is 0.279. The molecule has 0 aliphatic carbocycles. The molecule has 0 spiro atoms. The van der Waals surface area contributed by atoms with Crippen molar-refractivity contribution in [2.24, 2.45) is 0 Å². The second-order valence-electron chi connectivity index (χ2n) is 2.89. The molecule has 2 rings (SSSR count). The molecule has 2 nitrogen and oxygen atoms in total. The van der Waals surface area contributed by atoms with Crippen LogP contribution in [0.15, 0.2) is 36.5 Å². The van der Waals surface area contributed by atoms with Gasteiger partial charge in [0.05, 0.1) is 11.3 Å². The van der Waals surface area contributed by atoms with Gasteiger partial charge in [0.2, 0.25) is 0 Å². The van der Waals surface area contributed by atoms with E-state index in [9.17, 15) is 4.39 Å². The van der Waals surface area contributed by atoms with Gasteiger partial charge >= 0.3 is 0 Å². The summed E-state index contributed by atoms with van der Waals surface area (Å²) in [6.07, 6.45) is 1.69. The molecule has 14 heavy (non-hydrogen) atoms. The predicted molar refractivity (Wildman–Crippen MR) is 50.9 cm³/mol. The Morgan fingerprint density at radius 2 is 1.86 bits per heavy atom. The fourth-order valence-corrected chi connectivity index (χ4v) is 1.32. The molecule has 0 saturated carbocycles. The van der Waals surface area contributed by atoms with Gasteiger partial charge in [0.25, 0.3) is 0 Å². The molecule has 0 unspecified atom stereocenters. The second kappa shape index (κ2) is 3.35. The fraction of sp³-hybridized carbons (Fsp3) is 0. The monoisotopic (exact) mass is 186 g/mol. The molecule has 1 heterocycles. The summed E-state index contributed by atoms with van der Waals surface area (Å²) in [5.74, 6) is -0.279. The number of H-pyrrole nitrogens is 1. The summed E-state index contributed by atoms with van der Waals surface area (Å²) < 4.78 is 12.6. The van der Waals surface area contributed by atoms with Crippen LogP contribution in [0.4, 0.5) is 4.39 Å². The van der Waals surface area contributed by atoms with Gasteiger partial charge < -0.3 is 4.98 Å². The number of hydrogen-bond acceptors (Lipinski definition) is 1. The maximum atomic E-state index is 12.6. The molecule has 0 atom stereocenters. The summed E-state index contributed by atoms with van der Waals surface area (Å²) in [4.78, 5) is 2.95. The van der Waals surface area contributed by atoms with E-state index < -0.39 is 0 Å². The largest absolute Gasteiger partial charge is 0.360 e. The summed E-state index contributed by atoms with van der Waals surface area (Å²) in [5.41, 5.74) is 2.11. The van der Waals surface area contributed by atoms with E-state index in [4.69, 9.17) is 5.26 Å². The van der Waals surface area contributed by atoms with E-state index in [0.29, 0.717) is 5.56 Å². The van der Waals surface area contributed by atoms with Crippen LogP contribution < -0.4 is 0 Å². The first-order valence-electron chi connectivity index (χ1n) is 4.14. The summed E-state index contributed by atoms with van der Waals surface area (Å²) in [6.45, 7) is 0. The molecule has 0 bridgehead atoms. The van der Waals surface area contributed by atoms with Crippen molar-refractivity contribution in [2.45, 2.75) is 0 Å². The Kier molecular flexibility index (Phi) is 2.04. The number of rotatable bonds is 1. The van der Waals surface area contributed by atoms with Gasteiger partial charge in [-0.05, 0) is 35.9 Å². The van der Waals surface area contributed by atoms with Gasteiger partial charge in [0, 0.05) is 6.20 Å². The Morgan fingerprint density at radius 1 is 1.14 bits per heavy atom. The van der Waals surface area contributed by atoms with Crippen LogP contribution in [0.3, 0.4) is 0 Å². The van der Waals surface area contributed by atoms with E-state index in [1.165, 1.54) is 12.1 Å². The number of nitrogens with one attached hydrogen (secondary N) is 1. The maximum Gasteiger partial charge on any atom is 0.123 e. The molecular weight excluding hydrogens is 179 g/mol. The fourth-order valence-electron chi connectivity index (χ4n) is 1.32. The maximum absolute atomic E-state index is 12.6. The topological polar surface area (TPSA) is 39.6 Å². The van der Waals surface area contributed by atoms with Gasteiger partial charge in [-0.1, -0.05) is 0 Å². The second-order valence-corrected chi connectivity index (χ2v) is 2.89. The lowest BCUT2D eigenvalue weighted by atomic mass is 10.1. The molecule has 68 valence electrons. The van der Waals surface area contributed by atoms with Crippen LogP contribution in [0.5, 0.6) is 0 Å². The number of aromatic nitrogens is 1. The lowest BCUT2D eigenvalue weighted by Gasteiger charge is -1.98. The van der Waals surface area contributed by atoms with Crippen molar-refractivity contribution in [3.8, 4) is 17.3 Å². The number of halogens is 1. The average Bonchev–Trinajstić information content (AvgIpc) is 2.67. The molecule has 0 aliphatic rings.